The lowest BCUT2D eigenvalue weighted by Gasteiger charge is -2.19. The van der Waals surface area contributed by atoms with Gasteiger partial charge in [0.05, 0.1) is 0 Å². The number of benzene rings is 7. The molecule has 0 fully saturated rings. The quantitative estimate of drug-likeness (QED) is 0.207. The van der Waals surface area contributed by atoms with Crippen LogP contribution in [-0.2, 0) is 0 Å². The fourth-order valence-electron chi connectivity index (χ4n) is 6.12. The fraction of sp³-hybridized carbons (Fsp3) is 0. The van der Waals surface area contributed by atoms with Crippen LogP contribution < -0.4 is 0 Å². The Labute approximate surface area is 236 Å². The minimum absolute atomic E-state index is 0.731. The molecule has 0 aliphatic carbocycles. The lowest BCUT2D eigenvalue weighted by atomic mass is 9.85. The number of hydrogen-bond acceptors (Lipinski definition) is 1. The van der Waals surface area contributed by atoms with E-state index in [9.17, 15) is 0 Å². The third kappa shape index (κ3) is 3.63. The molecule has 0 aliphatic heterocycles. The van der Waals surface area contributed by atoms with E-state index in [0.717, 1.165) is 43.5 Å². The van der Waals surface area contributed by atoms with Crippen molar-refractivity contribution in [2.75, 3.05) is 0 Å². The maximum absolute atomic E-state index is 6.63. The van der Waals surface area contributed by atoms with Gasteiger partial charge >= 0.3 is 0 Å². The van der Waals surface area contributed by atoms with Crippen molar-refractivity contribution in [3.05, 3.63) is 145 Å². The van der Waals surface area contributed by atoms with Gasteiger partial charge < -0.3 is 4.42 Å². The third-order valence-corrected chi connectivity index (χ3v) is 8.15. The van der Waals surface area contributed by atoms with E-state index in [1.54, 1.807) is 0 Å². The second kappa shape index (κ2) is 9.12. The molecule has 0 aliphatic rings. The summed E-state index contributed by atoms with van der Waals surface area (Å²) in [5.41, 5.74) is 8.86. The van der Waals surface area contributed by atoms with Gasteiger partial charge in [-0.1, -0.05) is 115 Å². The van der Waals surface area contributed by atoms with Crippen molar-refractivity contribution < 1.29 is 4.42 Å². The summed E-state index contributed by atoms with van der Waals surface area (Å²) in [6.07, 6.45) is 0. The van der Waals surface area contributed by atoms with Gasteiger partial charge in [0.15, 0.2) is 0 Å². The van der Waals surface area contributed by atoms with Gasteiger partial charge in [0.2, 0.25) is 0 Å². The normalized spacial score (nSPS) is 11.6. The van der Waals surface area contributed by atoms with Crippen molar-refractivity contribution >= 4 is 55.1 Å². The predicted octanol–water partition coefficient (Wildman–Crippen LogP) is 11.5. The topological polar surface area (TPSA) is 13.1 Å². The molecule has 0 radical (unpaired) electrons. The molecule has 0 amide bonds. The van der Waals surface area contributed by atoms with Crippen molar-refractivity contribution in [1.29, 1.82) is 0 Å². The highest BCUT2D eigenvalue weighted by Gasteiger charge is 2.18. The van der Waals surface area contributed by atoms with Crippen molar-refractivity contribution in [3.8, 4) is 33.4 Å². The first-order valence-electron chi connectivity index (χ1n) is 13.5. The Morgan fingerprint density at radius 1 is 0.350 bits per heavy atom. The third-order valence-electron chi connectivity index (χ3n) is 7.92. The highest BCUT2D eigenvalue weighted by Crippen LogP contribution is 2.45. The van der Waals surface area contributed by atoms with Crippen molar-refractivity contribution in [3.63, 3.8) is 0 Å². The maximum atomic E-state index is 6.63. The highest BCUT2D eigenvalue weighted by atomic mass is 35.5. The summed E-state index contributed by atoms with van der Waals surface area (Å²) in [4.78, 5) is 0. The fourth-order valence-corrected chi connectivity index (χ4v) is 6.29. The van der Waals surface area contributed by atoms with Gasteiger partial charge in [-0.15, -0.1) is 0 Å². The van der Waals surface area contributed by atoms with Crippen LogP contribution in [0.3, 0.4) is 0 Å². The number of halogens is 1. The molecule has 1 heterocycles. The second-order valence-electron chi connectivity index (χ2n) is 10.2. The molecule has 2 heteroatoms. The van der Waals surface area contributed by atoms with Crippen LogP contribution in [0, 0.1) is 0 Å². The monoisotopic (exact) mass is 530 g/mol. The van der Waals surface area contributed by atoms with Crippen molar-refractivity contribution in [2.24, 2.45) is 0 Å². The zero-order valence-electron chi connectivity index (χ0n) is 21.6. The Hall–Kier alpha value is -4.85. The van der Waals surface area contributed by atoms with E-state index in [1.165, 1.54) is 38.4 Å². The molecule has 1 aromatic heterocycles. The van der Waals surface area contributed by atoms with Crippen LogP contribution in [-0.4, -0.2) is 0 Å². The van der Waals surface area contributed by atoms with E-state index in [4.69, 9.17) is 16.0 Å². The van der Waals surface area contributed by atoms with E-state index >= 15 is 0 Å². The van der Waals surface area contributed by atoms with E-state index < -0.39 is 0 Å². The first kappa shape index (κ1) is 23.1. The Bertz CT molecular complexity index is 2210. The first-order chi connectivity index (χ1) is 19.7. The summed E-state index contributed by atoms with van der Waals surface area (Å²) < 4.78 is 6.23. The Morgan fingerprint density at radius 3 is 1.60 bits per heavy atom. The highest BCUT2D eigenvalue weighted by molar-refractivity contribution is 6.32. The van der Waals surface area contributed by atoms with Crippen LogP contribution in [0.2, 0.25) is 5.02 Å². The lowest BCUT2D eigenvalue weighted by Crippen LogP contribution is -1.92. The zero-order valence-corrected chi connectivity index (χ0v) is 22.3. The van der Waals surface area contributed by atoms with Crippen LogP contribution in [0.1, 0.15) is 0 Å². The van der Waals surface area contributed by atoms with E-state index in [1.807, 2.05) is 18.2 Å². The summed E-state index contributed by atoms with van der Waals surface area (Å²) in [6, 6.07) is 49.1. The van der Waals surface area contributed by atoms with Gasteiger partial charge in [0.1, 0.15) is 11.2 Å². The molecule has 0 saturated heterocycles. The molecule has 1 nitrogen and oxygen atoms in total. The zero-order chi connectivity index (χ0) is 26.6. The summed E-state index contributed by atoms with van der Waals surface area (Å²) in [6.45, 7) is 0. The number of hydrogen-bond donors (Lipinski definition) is 0. The van der Waals surface area contributed by atoms with Gasteiger partial charge in [-0.2, -0.15) is 0 Å². The maximum Gasteiger partial charge on any atom is 0.136 e. The predicted molar refractivity (Wildman–Crippen MR) is 170 cm³/mol. The molecule has 40 heavy (non-hydrogen) atoms. The molecular weight excluding hydrogens is 508 g/mol. The van der Waals surface area contributed by atoms with Crippen molar-refractivity contribution in [1.82, 2.24) is 0 Å². The average molecular weight is 531 g/mol. The van der Waals surface area contributed by atoms with Crippen LogP contribution >= 0.6 is 11.6 Å². The van der Waals surface area contributed by atoms with Gasteiger partial charge in [-0.05, 0) is 91.3 Å². The molecule has 0 bridgehead atoms. The summed E-state index contributed by atoms with van der Waals surface area (Å²) >= 11 is 6.63. The van der Waals surface area contributed by atoms with Crippen LogP contribution in [0.5, 0.6) is 0 Å². The molecule has 0 N–H and O–H groups in total. The molecule has 0 spiro atoms. The summed E-state index contributed by atoms with van der Waals surface area (Å²) in [5.74, 6) is 0. The lowest BCUT2D eigenvalue weighted by molar-refractivity contribution is 0.669. The van der Waals surface area contributed by atoms with Gasteiger partial charge in [0.25, 0.3) is 0 Å². The molecule has 0 atom stereocenters. The molecule has 8 aromatic rings. The Balaban J connectivity index is 1.47. The molecular formula is C38H23ClO. The Morgan fingerprint density at radius 2 is 0.875 bits per heavy atom. The average Bonchev–Trinajstić information content (AvgIpc) is 3.38. The number of para-hydroxylation sites is 1. The molecule has 0 saturated carbocycles. The standard InChI is InChI=1S/C38H23ClO/c39-28-17-20-32-34(23-28)38(25-11-5-2-6-12-25)33-21-26(16-19-31(33)37(32)24-9-3-1-4-10-24)27-15-18-30-29-13-7-8-14-35(29)40-36(30)22-27/h1-23H. The number of rotatable bonds is 3. The second-order valence-corrected chi connectivity index (χ2v) is 10.7. The van der Waals surface area contributed by atoms with Gasteiger partial charge in [-0.3, -0.25) is 0 Å². The van der Waals surface area contributed by atoms with E-state index in [0.29, 0.717) is 0 Å². The van der Waals surface area contributed by atoms with Crippen LogP contribution in [0.25, 0.3) is 76.9 Å². The summed E-state index contributed by atoms with van der Waals surface area (Å²) in [7, 11) is 0. The minimum atomic E-state index is 0.731. The number of furan rings is 1. The SMILES string of the molecule is Clc1ccc2c(-c3ccccc3)c3ccc(-c4ccc5c(c4)oc4ccccc45)cc3c(-c3ccccc3)c2c1. The van der Waals surface area contributed by atoms with E-state index in [-0.39, 0.29) is 0 Å². The smallest absolute Gasteiger partial charge is 0.136 e. The Kier molecular flexibility index (Phi) is 5.26. The van der Waals surface area contributed by atoms with Crippen LogP contribution in [0.4, 0.5) is 0 Å². The number of fused-ring (bicyclic) bond motifs is 5. The van der Waals surface area contributed by atoms with Crippen molar-refractivity contribution in [2.45, 2.75) is 0 Å². The largest absolute Gasteiger partial charge is 0.456 e. The summed E-state index contributed by atoms with van der Waals surface area (Å²) in [5, 5.41) is 7.76. The van der Waals surface area contributed by atoms with E-state index in [2.05, 4.69) is 121 Å². The van der Waals surface area contributed by atoms with Gasteiger partial charge in [-0.25, -0.2) is 0 Å². The molecule has 7 aromatic carbocycles. The molecule has 8 rings (SSSR count). The van der Waals surface area contributed by atoms with Gasteiger partial charge in [0, 0.05) is 15.8 Å². The van der Waals surface area contributed by atoms with Crippen LogP contribution in [0.15, 0.2) is 144 Å². The first-order valence-corrected chi connectivity index (χ1v) is 13.8. The minimum Gasteiger partial charge on any atom is -0.456 e. The molecule has 0 unspecified atom stereocenters. The molecule has 188 valence electrons.